The van der Waals surface area contributed by atoms with Gasteiger partial charge in [-0.25, -0.2) is 4.98 Å². The lowest BCUT2D eigenvalue weighted by molar-refractivity contribution is 0.281. The van der Waals surface area contributed by atoms with E-state index < -0.39 is 0 Å². The van der Waals surface area contributed by atoms with Crippen molar-refractivity contribution in [2.45, 2.75) is 32.7 Å². The molecular weight excluding hydrogens is 421 g/mol. The maximum absolute atomic E-state index is 4.45. The molecule has 0 aromatic carbocycles. The van der Waals surface area contributed by atoms with Crippen LogP contribution in [0, 0.1) is 12.8 Å². The number of nitrogens with zero attached hydrogens (tertiary/aromatic N) is 4. The fraction of sp³-hybridized carbons (Fsp3) is 0.750. The molecule has 0 radical (unpaired) electrons. The van der Waals surface area contributed by atoms with Crippen molar-refractivity contribution in [1.29, 1.82) is 0 Å². The van der Waals surface area contributed by atoms with Crippen LogP contribution in [0.5, 0.6) is 0 Å². The van der Waals surface area contributed by atoms with Gasteiger partial charge in [-0.05, 0) is 45.2 Å². The molecule has 2 saturated heterocycles. The van der Waals surface area contributed by atoms with E-state index in [0.29, 0.717) is 0 Å². The van der Waals surface area contributed by atoms with Gasteiger partial charge in [0.1, 0.15) is 5.01 Å². The lowest BCUT2D eigenvalue weighted by Crippen LogP contribution is -2.40. The highest BCUT2D eigenvalue weighted by Crippen LogP contribution is 2.20. The van der Waals surface area contributed by atoms with Crippen LogP contribution in [0.25, 0.3) is 0 Å². The van der Waals surface area contributed by atoms with Crippen LogP contribution in [-0.2, 0) is 6.54 Å². The van der Waals surface area contributed by atoms with Gasteiger partial charge < -0.3 is 15.1 Å². The van der Waals surface area contributed by atoms with E-state index in [4.69, 9.17) is 0 Å². The Morgan fingerprint density at radius 1 is 1.39 bits per heavy atom. The van der Waals surface area contributed by atoms with Crippen molar-refractivity contribution < 1.29 is 0 Å². The van der Waals surface area contributed by atoms with Gasteiger partial charge in [0, 0.05) is 37.8 Å². The standard InChI is InChI=1S/C16H27N5S.HI/c1-13-9-18-15(22-13)10-19-16(17-2)21-8-5-14(12-21)11-20-6-3-4-7-20;/h9,14H,3-8,10-12H2,1-2H3,(H,17,19);1H. The number of nitrogens with one attached hydrogen (secondary N) is 1. The van der Waals surface area contributed by atoms with E-state index in [1.807, 2.05) is 13.2 Å². The maximum atomic E-state index is 4.45. The Balaban J connectivity index is 0.00000192. The van der Waals surface area contributed by atoms with Gasteiger partial charge in [0.2, 0.25) is 0 Å². The van der Waals surface area contributed by atoms with Crippen LogP contribution in [0.2, 0.25) is 0 Å². The summed E-state index contributed by atoms with van der Waals surface area (Å²) < 4.78 is 0. The number of rotatable bonds is 4. The van der Waals surface area contributed by atoms with Gasteiger partial charge in [-0.2, -0.15) is 0 Å². The van der Waals surface area contributed by atoms with Gasteiger partial charge in [-0.3, -0.25) is 4.99 Å². The summed E-state index contributed by atoms with van der Waals surface area (Å²) in [5.74, 6) is 1.82. The maximum Gasteiger partial charge on any atom is 0.194 e. The molecule has 2 fully saturated rings. The molecule has 1 unspecified atom stereocenters. The van der Waals surface area contributed by atoms with Gasteiger partial charge >= 0.3 is 0 Å². The van der Waals surface area contributed by atoms with E-state index >= 15 is 0 Å². The SMILES string of the molecule is CN=C(NCc1ncc(C)s1)N1CCC(CN2CCCC2)C1.I. The molecule has 5 nitrogen and oxygen atoms in total. The topological polar surface area (TPSA) is 43.8 Å². The first-order valence-corrected chi connectivity index (χ1v) is 9.15. The minimum Gasteiger partial charge on any atom is -0.350 e. The first kappa shape index (κ1) is 18.9. The summed E-state index contributed by atoms with van der Waals surface area (Å²) >= 11 is 1.75. The van der Waals surface area contributed by atoms with Crippen molar-refractivity contribution in [2.75, 3.05) is 39.8 Å². The molecule has 0 saturated carbocycles. The summed E-state index contributed by atoms with van der Waals surface area (Å²) in [7, 11) is 1.88. The number of aliphatic imine (C=N–C) groups is 1. The molecule has 0 bridgehead atoms. The summed E-state index contributed by atoms with van der Waals surface area (Å²) in [5.41, 5.74) is 0. The molecule has 2 aliphatic rings. The van der Waals surface area contributed by atoms with E-state index in [1.54, 1.807) is 11.3 Å². The molecule has 0 amide bonds. The largest absolute Gasteiger partial charge is 0.350 e. The molecule has 3 heterocycles. The molecule has 23 heavy (non-hydrogen) atoms. The smallest absolute Gasteiger partial charge is 0.194 e. The number of aromatic nitrogens is 1. The molecule has 0 spiro atoms. The highest BCUT2D eigenvalue weighted by atomic mass is 127. The first-order chi connectivity index (χ1) is 10.7. The van der Waals surface area contributed by atoms with Gasteiger partial charge in [0.05, 0.1) is 6.54 Å². The van der Waals surface area contributed by atoms with Crippen LogP contribution < -0.4 is 5.32 Å². The van der Waals surface area contributed by atoms with Crippen molar-refractivity contribution >= 4 is 41.3 Å². The van der Waals surface area contributed by atoms with Crippen molar-refractivity contribution in [2.24, 2.45) is 10.9 Å². The minimum atomic E-state index is 0. The van der Waals surface area contributed by atoms with Gasteiger partial charge in [0.15, 0.2) is 5.96 Å². The fourth-order valence-corrected chi connectivity index (χ4v) is 4.20. The molecule has 0 aliphatic carbocycles. The fourth-order valence-electron chi connectivity index (χ4n) is 3.47. The van der Waals surface area contributed by atoms with Crippen LogP contribution in [-0.4, -0.2) is 60.5 Å². The Hall–Kier alpha value is -0.410. The summed E-state index contributed by atoms with van der Waals surface area (Å²) in [5, 5.41) is 4.60. The molecule has 1 aromatic rings. The van der Waals surface area contributed by atoms with E-state index in [9.17, 15) is 0 Å². The number of guanidine groups is 1. The normalized spacial score (nSPS) is 22.4. The van der Waals surface area contributed by atoms with Gasteiger partial charge in [0.25, 0.3) is 0 Å². The van der Waals surface area contributed by atoms with Crippen molar-refractivity contribution in [3.63, 3.8) is 0 Å². The van der Waals surface area contributed by atoms with Gasteiger partial charge in [-0.15, -0.1) is 35.3 Å². The molecular formula is C16H28IN5S. The second-order valence-electron chi connectivity index (χ2n) is 6.37. The lowest BCUT2D eigenvalue weighted by Gasteiger charge is -2.23. The Bertz CT molecular complexity index is 512. The van der Waals surface area contributed by atoms with E-state index in [-0.39, 0.29) is 24.0 Å². The third-order valence-corrected chi connectivity index (χ3v) is 5.49. The van der Waals surface area contributed by atoms with Crippen molar-refractivity contribution in [1.82, 2.24) is 20.1 Å². The number of halogens is 1. The molecule has 3 rings (SSSR count). The Kier molecular flexibility index (Phi) is 7.55. The summed E-state index contributed by atoms with van der Waals surface area (Å²) in [6.07, 6.45) is 5.99. The molecule has 1 aromatic heterocycles. The van der Waals surface area contributed by atoms with Crippen LogP contribution in [0.15, 0.2) is 11.2 Å². The van der Waals surface area contributed by atoms with E-state index in [1.165, 1.54) is 43.8 Å². The zero-order valence-electron chi connectivity index (χ0n) is 14.1. The number of aryl methyl sites for hydroxylation is 1. The number of likely N-dealkylation sites (tertiary alicyclic amines) is 2. The Morgan fingerprint density at radius 2 is 2.17 bits per heavy atom. The third-order valence-electron chi connectivity index (χ3n) is 4.58. The van der Waals surface area contributed by atoms with Crippen LogP contribution in [0.4, 0.5) is 0 Å². The number of hydrogen-bond donors (Lipinski definition) is 1. The number of thiazole rings is 1. The predicted molar refractivity (Wildman–Crippen MR) is 108 cm³/mol. The monoisotopic (exact) mass is 449 g/mol. The molecule has 7 heteroatoms. The van der Waals surface area contributed by atoms with E-state index in [2.05, 4.69) is 32.0 Å². The molecule has 1 atom stereocenters. The van der Waals surface area contributed by atoms with Crippen LogP contribution >= 0.6 is 35.3 Å². The predicted octanol–water partition coefficient (Wildman–Crippen LogP) is 2.56. The van der Waals surface area contributed by atoms with E-state index in [0.717, 1.165) is 36.5 Å². The second-order valence-corrected chi connectivity index (χ2v) is 7.69. The average Bonchev–Trinajstić information content (AvgIpc) is 3.24. The quantitative estimate of drug-likeness (QED) is 0.436. The molecule has 130 valence electrons. The zero-order chi connectivity index (χ0) is 15.4. The van der Waals surface area contributed by atoms with Crippen molar-refractivity contribution in [3.05, 3.63) is 16.1 Å². The molecule has 2 aliphatic heterocycles. The Labute approximate surface area is 160 Å². The summed E-state index contributed by atoms with van der Waals surface area (Å²) in [4.78, 5) is 15.2. The van der Waals surface area contributed by atoms with Crippen LogP contribution in [0.3, 0.4) is 0 Å². The molecule has 1 N–H and O–H groups in total. The highest BCUT2D eigenvalue weighted by molar-refractivity contribution is 14.0. The minimum absolute atomic E-state index is 0. The third kappa shape index (κ3) is 5.29. The average molecular weight is 449 g/mol. The summed E-state index contributed by atoms with van der Waals surface area (Å²) in [6.45, 7) is 8.99. The summed E-state index contributed by atoms with van der Waals surface area (Å²) in [6, 6.07) is 0. The second kappa shape index (κ2) is 9.17. The first-order valence-electron chi connectivity index (χ1n) is 8.34. The highest BCUT2D eigenvalue weighted by Gasteiger charge is 2.27. The number of hydrogen-bond acceptors (Lipinski definition) is 4. The van der Waals surface area contributed by atoms with Gasteiger partial charge in [-0.1, -0.05) is 0 Å². The lowest BCUT2D eigenvalue weighted by atomic mass is 10.1. The zero-order valence-corrected chi connectivity index (χ0v) is 17.3. The van der Waals surface area contributed by atoms with Crippen LogP contribution in [0.1, 0.15) is 29.1 Å². The van der Waals surface area contributed by atoms with Crippen molar-refractivity contribution in [3.8, 4) is 0 Å². The Morgan fingerprint density at radius 3 is 2.83 bits per heavy atom.